The van der Waals surface area contributed by atoms with Crippen LogP contribution in [0, 0.1) is 10.1 Å². The summed E-state index contributed by atoms with van der Waals surface area (Å²) in [5.41, 5.74) is -0.725. The van der Waals surface area contributed by atoms with Gasteiger partial charge < -0.3 is 10.2 Å². The second-order valence-corrected chi connectivity index (χ2v) is 3.96. The molecule has 0 saturated carbocycles. The fourth-order valence-corrected chi connectivity index (χ4v) is 1.62. The summed E-state index contributed by atoms with van der Waals surface area (Å²) >= 11 is 0. The first kappa shape index (κ1) is 14.3. The molecule has 8 nitrogen and oxygen atoms in total. The molecular weight excluding hydrogens is 242 g/mol. The van der Waals surface area contributed by atoms with Crippen LogP contribution in [0.4, 0.5) is 5.69 Å². The van der Waals surface area contributed by atoms with Crippen LogP contribution in [0.25, 0.3) is 0 Å². The third kappa shape index (κ3) is 2.89. The second kappa shape index (κ2) is 4.88. The zero-order chi connectivity index (χ0) is 11.6. The van der Waals surface area contributed by atoms with Gasteiger partial charge in [-0.3, -0.25) is 14.7 Å². The molecule has 0 aliphatic carbocycles. The van der Waals surface area contributed by atoms with Crippen LogP contribution in [0.3, 0.4) is 0 Å². The molecule has 0 bridgehead atoms. The van der Waals surface area contributed by atoms with Gasteiger partial charge >= 0.3 is 10.1 Å². The molecule has 0 spiro atoms. The van der Waals surface area contributed by atoms with Crippen molar-refractivity contribution in [1.29, 1.82) is 0 Å². The number of nitro benzene ring substituents is 1. The maximum Gasteiger partial charge on any atom is 0.301 e. The highest BCUT2D eigenvalue weighted by Crippen LogP contribution is 2.27. The summed E-state index contributed by atoms with van der Waals surface area (Å²) in [7, 11) is -3.32. The average molecular weight is 251 g/mol. The van der Waals surface area contributed by atoms with E-state index in [1.165, 1.54) is 13.2 Å². The summed E-state index contributed by atoms with van der Waals surface area (Å²) in [4.78, 5) is 8.84. The third-order valence-corrected chi connectivity index (χ3v) is 2.54. The van der Waals surface area contributed by atoms with E-state index in [1.807, 2.05) is 0 Å². The molecular formula is C7H9NO7S. The van der Waals surface area contributed by atoms with Crippen molar-refractivity contribution < 1.29 is 28.1 Å². The molecule has 1 aromatic rings. The minimum atomic E-state index is -4.60. The minimum Gasteiger partial charge on any atom is -0.497 e. The van der Waals surface area contributed by atoms with Crippen LogP contribution in [0.2, 0.25) is 0 Å². The molecule has 16 heavy (non-hydrogen) atoms. The molecule has 0 radical (unpaired) electrons. The van der Waals surface area contributed by atoms with Crippen LogP contribution >= 0.6 is 0 Å². The Balaban J connectivity index is 0.00000225. The lowest BCUT2D eigenvalue weighted by Crippen LogP contribution is -2.03. The molecule has 0 saturated heterocycles. The predicted molar refractivity (Wildman–Crippen MR) is 53.1 cm³/mol. The summed E-state index contributed by atoms with van der Waals surface area (Å²) in [5.74, 6) is 0.133. The monoisotopic (exact) mass is 251 g/mol. The Morgan fingerprint density at radius 1 is 1.44 bits per heavy atom. The Hall–Kier alpha value is -1.71. The second-order valence-electron chi connectivity index (χ2n) is 2.57. The first-order chi connectivity index (χ1) is 6.86. The molecule has 0 amide bonds. The van der Waals surface area contributed by atoms with E-state index in [2.05, 4.69) is 0 Å². The van der Waals surface area contributed by atoms with Gasteiger partial charge in [0.25, 0.3) is 5.69 Å². The topological polar surface area (TPSA) is 138 Å². The number of rotatable bonds is 3. The third-order valence-electron chi connectivity index (χ3n) is 1.64. The van der Waals surface area contributed by atoms with E-state index >= 15 is 0 Å². The predicted octanol–water partition coefficient (Wildman–Crippen LogP) is 0.0254. The average Bonchev–Trinajstić information content (AvgIpc) is 2.15. The standard InChI is InChI=1S/C7H7NO6S.H2O/c1-14-5-2-3-7(15(11,12)13)6(4-5)8(9)10;/h2-4H,1H3,(H,11,12,13);1H2. The normalized spacial score (nSPS) is 10.4. The molecule has 9 heteroatoms. The number of hydrogen-bond donors (Lipinski definition) is 1. The summed E-state index contributed by atoms with van der Waals surface area (Å²) in [6.45, 7) is 0. The molecule has 0 atom stereocenters. The fourth-order valence-electron chi connectivity index (χ4n) is 0.985. The quantitative estimate of drug-likeness (QED) is 0.456. The van der Waals surface area contributed by atoms with Crippen LogP contribution in [-0.4, -0.2) is 30.5 Å². The zero-order valence-electron chi connectivity index (χ0n) is 8.08. The van der Waals surface area contributed by atoms with Gasteiger partial charge in [-0.1, -0.05) is 0 Å². The van der Waals surface area contributed by atoms with Crippen molar-refractivity contribution in [2.45, 2.75) is 4.90 Å². The molecule has 90 valence electrons. The Morgan fingerprint density at radius 3 is 2.38 bits per heavy atom. The highest BCUT2D eigenvalue weighted by molar-refractivity contribution is 7.86. The van der Waals surface area contributed by atoms with Crippen LogP contribution in [-0.2, 0) is 10.1 Å². The summed E-state index contributed by atoms with van der Waals surface area (Å²) in [6, 6.07) is 3.03. The van der Waals surface area contributed by atoms with Crippen molar-refractivity contribution >= 4 is 15.8 Å². The molecule has 1 aromatic carbocycles. The number of nitrogens with zero attached hydrogens (tertiary/aromatic N) is 1. The Bertz CT molecular complexity index is 495. The van der Waals surface area contributed by atoms with Gasteiger partial charge in [0.2, 0.25) is 0 Å². The number of nitro groups is 1. The number of methoxy groups -OCH3 is 1. The van der Waals surface area contributed by atoms with Crippen molar-refractivity contribution in [3.05, 3.63) is 28.3 Å². The maximum atomic E-state index is 10.8. The highest BCUT2D eigenvalue weighted by atomic mass is 32.2. The van der Waals surface area contributed by atoms with Gasteiger partial charge in [-0.2, -0.15) is 8.42 Å². The van der Waals surface area contributed by atoms with Gasteiger partial charge in [0.15, 0.2) is 4.90 Å². The zero-order valence-corrected chi connectivity index (χ0v) is 8.89. The molecule has 0 aliphatic rings. The molecule has 0 heterocycles. The summed E-state index contributed by atoms with van der Waals surface area (Å²) in [5, 5.41) is 10.5. The molecule has 3 N–H and O–H groups in total. The largest absolute Gasteiger partial charge is 0.497 e. The first-order valence-electron chi connectivity index (χ1n) is 3.66. The Kier molecular flexibility index (Phi) is 4.35. The van der Waals surface area contributed by atoms with Crippen LogP contribution in [0.5, 0.6) is 5.75 Å². The van der Waals surface area contributed by atoms with E-state index in [0.29, 0.717) is 0 Å². The highest BCUT2D eigenvalue weighted by Gasteiger charge is 2.24. The lowest BCUT2D eigenvalue weighted by molar-refractivity contribution is -0.388. The van der Waals surface area contributed by atoms with Crippen molar-refractivity contribution in [2.75, 3.05) is 7.11 Å². The van der Waals surface area contributed by atoms with Crippen LogP contribution < -0.4 is 4.74 Å². The first-order valence-corrected chi connectivity index (χ1v) is 5.10. The van der Waals surface area contributed by atoms with Gasteiger partial charge in [-0.25, -0.2) is 0 Å². The Labute approximate surface area is 90.7 Å². The molecule has 1 rings (SSSR count). The lowest BCUT2D eigenvalue weighted by atomic mass is 10.3. The van der Waals surface area contributed by atoms with E-state index in [-0.39, 0.29) is 11.2 Å². The van der Waals surface area contributed by atoms with E-state index in [1.54, 1.807) is 0 Å². The lowest BCUT2D eigenvalue weighted by Gasteiger charge is -2.02. The van der Waals surface area contributed by atoms with Crippen molar-refractivity contribution in [1.82, 2.24) is 0 Å². The Morgan fingerprint density at radius 2 is 2.00 bits per heavy atom. The van der Waals surface area contributed by atoms with E-state index in [0.717, 1.165) is 12.1 Å². The van der Waals surface area contributed by atoms with Gasteiger partial charge in [0.1, 0.15) is 5.75 Å². The van der Waals surface area contributed by atoms with Crippen LogP contribution in [0.1, 0.15) is 0 Å². The van der Waals surface area contributed by atoms with Crippen molar-refractivity contribution in [3.8, 4) is 5.75 Å². The van der Waals surface area contributed by atoms with Gasteiger partial charge in [0, 0.05) is 0 Å². The van der Waals surface area contributed by atoms with Crippen molar-refractivity contribution in [3.63, 3.8) is 0 Å². The number of benzene rings is 1. The van der Waals surface area contributed by atoms with Crippen molar-refractivity contribution in [2.24, 2.45) is 0 Å². The fraction of sp³-hybridized carbons (Fsp3) is 0.143. The number of hydrogen-bond acceptors (Lipinski definition) is 5. The maximum absolute atomic E-state index is 10.8. The molecule has 0 aromatic heterocycles. The van der Waals surface area contributed by atoms with E-state index in [9.17, 15) is 18.5 Å². The molecule has 0 aliphatic heterocycles. The van der Waals surface area contributed by atoms with Gasteiger partial charge in [0.05, 0.1) is 18.1 Å². The van der Waals surface area contributed by atoms with Gasteiger partial charge in [-0.15, -0.1) is 0 Å². The van der Waals surface area contributed by atoms with E-state index in [4.69, 9.17) is 9.29 Å². The van der Waals surface area contributed by atoms with Crippen LogP contribution in [0.15, 0.2) is 23.1 Å². The molecule has 0 unspecified atom stereocenters. The smallest absolute Gasteiger partial charge is 0.301 e. The van der Waals surface area contributed by atoms with Gasteiger partial charge in [-0.05, 0) is 12.1 Å². The number of ether oxygens (including phenoxy) is 1. The van der Waals surface area contributed by atoms with E-state index < -0.39 is 25.6 Å². The summed E-state index contributed by atoms with van der Waals surface area (Å²) < 4.78 is 34.9. The minimum absolute atomic E-state index is 0. The molecule has 0 fully saturated rings. The summed E-state index contributed by atoms with van der Waals surface area (Å²) in [6.07, 6.45) is 0. The SMILES string of the molecule is COc1ccc(S(=O)(=O)O)c([N+](=O)[O-])c1.O.